The Morgan fingerprint density at radius 2 is 2.09 bits per heavy atom. The molecule has 2 aromatic rings. The van der Waals surface area contributed by atoms with Crippen LogP contribution in [0.5, 0.6) is 0 Å². The quantitative estimate of drug-likeness (QED) is 0.808. The molecule has 0 spiro atoms. The summed E-state index contributed by atoms with van der Waals surface area (Å²) in [6, 6.07) is 3.15. The molecule has 1 amide bonds. The molecule has 0 fully saturated rings. The smallest absolute Gasteiger partial charge is 0.312 e. The summed E-state index contributed by atoms with van der Waals surface area (Å²) in [7, 11) is 2.92. The predicted octanol–water partition coefficient (Wildman–Crippen LogP) is -0.518. The topological polar surface area (TPSA) is 90.9 Å². The molecule has 116 valence electrons. The lowest BCUT2D eigenvalue weighted by Crippen LogP contribution is -2.39. The lowest BCUT2D eigenvalue weighted by Gasteiger charge is -2.23. The summed E-state index contributed by atoms with van der Waals surface area (Å²) in [5, 5.41) is 6.87. The Kier molecular flexibility index (Phi) is 3.44. The average molecular weight is 303 g/mol. The molecule has 0 saturated carbocycles. The molecule has 22 heavy (non-hydrogen) atoms. The van der Waals surface area contributed by atoms with Crippen molar-refractivity contribution < 1.29 is 4.79 Å². The summed E-state index contributed by atoms with van der Waals surface area (Å²) in [6.07, 6.45) is 3.00. The largest absolute Gasteiger partial charge is 0.332 e. The fraction of sp³-hybridized carbons (Fsp3) is 0.429. The summed E-state index contributed by atoms with van der Waals surface area (Å²) in [5.74, 6) is -0.156. The minimum Gasteiger partial charge on any atom is -0.312 e. The number of hydrogen-bond donors (Lipinski definition) is 1. The zero-order valence-electron chi connectivity index (χ0n) is 12.4. The molecule has 0 aromatic carbocycles. The van der Waals surface area contributed by atoms with Crippen molar-refractivity contribution in [3.8, 4) is 0 Å². The zero-order valence-corrected chi connectivity index (χ0v) is 12.4. The van der Waals surface area contributed by atoms with Gasteiger partial charge in [-0.15, -0.1) is 0 Å². The highest BCUT2D eigenvalue weighted by Gasteiger charge is 2.25. The first-order valence-corrected chi connectivity index (χ1v) is 7.06. The second-order valence-electron chi connectivity index (χ2n) is 5.49. The van der Waals surface area contributed by atoms with Crippen LogP contribution in [0.25, 0.3) is 0 Å². The van der Waals surface area contributed by atoms with E-state index < -0.39 is 11.2 Å². The maximum atomic E-state index is 12.4. The van der Waals surface area contributed by atoms with Gasteiger partial charge in [0.05, 0.1) is 0 Å². The SMILES string of the molecule is Cn1c(NC(=O)C2CCn3nccc3C2)cc(=O)n(C)c1=O. The van der Waals surface area contributed by atoms with Crippen molar-refractivity contribution in [2.75, 3.05) is 5.32 Å². The van der Waals surface area contributed by atoms with Gasteiger partial charge in [-0.3, -0.25) is 23.4 Å². The molecule has 3 rings (SSSR count). The fourth-order valence-corrected chi connectivity index (χ4v) is 2.67. The van der Waals surface area contributed by atoms with Crippen LogP contribution in [0.1, 0.15) is 12.1 Å². The highest BCUT2D eigenvalue weighted by molar-refractivity contribution is 5.91. The van der Waals surface area contributed by atoms with Crippen LogP contribution in [0, 0.1) is 5.92 Å². The number of carbonyl (C=O) groups is 1. The van der Waals surface area contributed by atoms with Crippen LogP contribution >= 0.6 is 0 Å². The number of carbonyl (C=O) groups excluding carboxylic acids is 1. The van der Waals surface area contributed by atoms with Crippen molar-refractivity contribution in [2.45, 2.75) is 19.4 Å². The molecule has 2 aromatic heterocycles. The van der Waals surface area contributed by atoms with Crippen LogP contribution in [0.15, 0.2) is 27.9 Å². The number of rotatable bonds is 2. The minimum absolute atomic E-state index is 0.185. The summed E-state index contributed by atoms with van der Waals surface area (Å²) < 4.78 is 4.14. The molecular weight excluding hydrogens is 286 g/mol. The maximum Gasteiger partial charge on any atom is 0.332 e. The Balaban J connectivity index is 1.81. The lowest BCUT2D eigenvalue weighted by atomic mass is 9.95. The van der Waals surface area contributed by atoms with Gasteiger partial charge >= 0.3 is 5.69 Å². The van der Waals surface area contributed by atoms with Crippen LogP contribution in [0.4, 0.5) is 5.82 Å². The Bertz CT molecular complexity index is 845. The van der Waals surface area contributed by atoms with Crippen LogP contribution in [0.2, 0.25) is 0 Å². The number of aromatic nitrogens is 4. The Hall–Kier alpha value is -2.64. The normalized spacial score (nSPS) is 17.1. The van der Waals surface area contributed by atoms with Crippen LogP contribution in [-0.2, 0) is 31.9 Å². The standard InChI is InChI=1S/C14H17N5O3/c1-17-11(8-12(20)18(2)14(17)22)16-13(21)9-4-6-19-10(7-9)3-5-15-19/h3,5,8-9H,4,6-7H2,1-2H3,(H,16,21). The molecule has 1 N–H and O–H groups in total. The van der Waals surface area contributed by atoms with E-state index >= 15 is 0 Å². The third-order valence-corrected chi connectivity index (χ3v) is 4.10. The Morgan fingerprint density at radius 1 is 1.32 bits per heavy atom. The Labute approximate surface area is 126 Å². The summed E-state index contributed by atoms with van der Waals surface area (Å²) in [6.45, 7) is 0.690. The third-order valence-electron chi connectivity index (χ3n) is 4.10. The predicted molar refractivity (Wildman–Crippen MR) is 79.6 cm³/mol. The first-order chi connectivity index (χ1) is 10.5. The van der Waals surface area contributed by atoms with Gasteiger partial charge in [0.25, 0.3) is 5.56 Å². The monoisotopic (exact) mass is 303 g/mol. The number of nitrogens with one attached hydrogen (secondary N) is 1. The first kappa shape index (κ1) is 14.3. The van der Waals surface area contributed by atoms with E-state index in [9.17, 15) is 14.4 Å². The highest BCUT2D eigenvalue weighted by atomic mass is 16.2. The van der Waals surface area contributed by atoms with Gasteiger partial charge in [-0.25, -0.2) is 4.79 Å². The zero-order chi connectivity index (χ0) is 15.9. The summed E-state index contributed by atoms with van der Waals surface area (Å²) in [4.78, 5) is 35.9. The van der Waals surface area contributed by atoms with Crippen LogP contribution < -0.4 is 16.6 Å². The maximum absolute atomic E-state index is 12.4. The molecule has 3 heterocycles. The van der Waals surface area contributed by atoms with Gasteiger partial charge in [-0.2, -0.15) is 5.10 Å². The van der Waals surface area contributed by atoms with Crippen molar-refractivity contribution in [2.24, 2.45) is 20.0 Å². The molecular formula is C14H17N5O3. The van der Waals surface area contributed by atoms with Gasteiger partial charge in [0, 0.05) is 50.9 Å². The van der Waals surface area contributed by atoms with Crippen molar-refractivity contribution >= 4 is 11.7 Å². The van der Waals surface area contributed by atoms with E-state index in [-0.39, 0.29) is 17.6 Å². The molecule has 1 unspecified atom stereocenters. The average Bonchev–Trinajstić information content (AvgIpc) is 2.97. The molecule has 0 bridgehead atoms. The van der Waals surface area contributed by atoms with E-state index in [1.807, 2.05) is 10.7 Å². The van der Waals surface area contributed by atoms with Gasteiger partial charge in [0.1, 0.15) is 5.82 Å². The van der Waals surface area contributed by atoms with Crippen molar-refractivity contribution in [3.63, 3.8) is 0 Å². The van der Waals surface area contributed by atoms with Gasteiger partial charge in [-0.05, 0) is 12.5 Å². The van der Waals surface area contributed by atoms with Crippen molar-refractivity contribution in [3.05, 3.63) is 44.9 Å². The highest BCUT2D eigenvalue weighted by Crippen LogP contribution is 2.20. The molecule has 8 heteroatoms. The van der Waals surface area contributed by atoms with Gasteiger partial charge in [0.2, 0.25) is 5.91 Å². The molecule has 1 atom stereocenters. The number of nitrogens with zero attached hydrogens (tertiary/aromatic N) is 4. The summed E-state index contributed by atoms with van der Waals surface area (Å²) in [5.41, 5.74) is 0.105. The number of fused-ring (bicyclic) bond motifs is 1. The second kappa shape index (κ2) is 5.28. The molecule has 1 aliphatic rings. The minimum atomic E-state index is -0.468. The number of anilines is 1. The van der Waals surface area contributed by atoms with Gasteiger partial charge in [0.15, 0.2) is 0 Å². The van der Waals surface area contributed by atoms with E-state index in [4.69, 9.17) is 0 Å². The molecule has 8 nitrogen and oxygen atoms in total. The van der Waals surface area contributed by atoms with E-state index in [1.165, 1.54) is 24.7 Å². The molecule has 0 saturated heterocycles. The molecule has 0 radical (unpaired) electrons. The van der Waals surface area contributed by atoms with Crippen LogP contribution in [-0.4, -0.2) is 24.8 Å². The number of amides is 1. The van der Waals surface area contributed by atoms with E-state index in [0.717, 1.165) is 10.3 Å². The molecule has 1 aliphatic heterocycles. The number of hydrogen-bond acceptors (Lipinski definition) is 4. The van der Waals surface area contributed by atoms with Gasteiger partial charge in [-0.1, -0.05) is 0 Å². The fourth-order valence-electron chi connectivity index (χ4n) is 2.67. The van der Waals surface area contributed by atoms with Crippen LogP contribution in [0.3, 0.4) is 0 Å². The third kappa shape index (κ3) is 2.36. The molecule has 0 aliphatic carbocycles. The Morgan fingerprint density at radius 3 is 2.86 bits per heavy atom. The second-order valence-corrected chi connectivity index (χ2v) is 5.49. The summed E-state index contributed by atoms with van der Waals surface area (Å²) >= 11 is 0. The van der Waals surface area contributed by atoms with E-state index in [2.05, 4.69) is 10.4 Å². The van der Waals surface area contributed by atoms with Gasteiger partial charge < -0.3 is 5.32 Å². The van der Waals surface area contributed by atoms with Crippen molar-refractivity contribution in [1.29, 1.82) is 0 Å². The van der Waals surface area contributed by atoms with Crippen molar-refractivity contribution in [1.82, 2.24) is 18.9 Å². The van der Waals surface area contributed by atoms with E-state index in [0.29, 0.717) is 19.4 Å². The first-order valence-electron chi connectivity index (χ1n) is 7.06. The lowest BCUT2D eigenvalue weighted by molar-refractivity contribution is -0.120. The number of aryl methyl sites for hydroxylation is 1. The van der Waals surface area contributed by atoms with E-state index in [1.54, 1.807) is 6.20 Å².